The fourth-order valence-corrected chi connectivity index (χ4v) is 2.62. The first-order valence-corrected chi connectivity index (χ1v) is 7.71. The maximum atomic E-state index is 12.0. The molecule has 0 saturated carbocycles. The summed E-state index contributed by atoms with van der Waals surface area (Å²) in [4.78, 5) is 23.8. The third kappa shape index (κ3) is 4.43. The van der Waals surface area contributed by atoms with Gasteiger partial charge in [0.2, 0.25) is 0 Å². The molecule has 2 aromatic rings. The molecule has 2 rings (SSSR count). The van der Waals surface area contributed by atoms with Crippen LogP contribution in [0.4, 0.5) is 0 Å². The zero-order chi connectivity index (χ0) is 17.7. The molecule has 6 nitrogen and oxygen atoms in total. The third-order valence-electron chi connectivity index (χ3n) is 3.12. The first-order valence-electron chi connectivity index (χ1n) is 6.95. The summed E-state index contributed by atoms with van der Waals surface area (Å²) in [6.45, 7) is 1.31. The number of esters is 1. The van der Waals surface area contributed by atoms with Crippen LogP contribution in [0, 0.1) is 0 Å². The van der Waals surface area contributed by atoms with Crippen molar-refractivity contribution in [3.05, 3.63) is 51.9 Å². The Morgan fingerprint density at radius 3 is 2.50 bits per heavy atom. The highest BCUT2D eigenvalue weighted by Crippen LogP contribution is 2.33. The molecule has 1 heterocycles. The second kappa shape index (κ2) is 8.08. The van der Waals surface area contributed by atoms with E-state index >= 15 is 0 Å². The summed E-state index contributed by atoms with van der Waals surface area (Å²) < 4.78 is 15.1. The van der Waals surface area contributed by atoms with E-state index in [2.05, 4.69) is 5.32 Å². The lowest BCUT2D eigenvalue weighted by atomic mass is 10.2. The number of halogens is 2. The number of hydrogen-bond donors (Lipinski definition) is 1. The minimum atomic E-state index is -0.720. The second-order valence-electron chi connectivity index (χ2n) is 4.85. The van der Waals surface area contributed by atoms with Crippen LogP contribution in [0.25, 0.3) is 0 Å². The van der Waals surface area contributed by atoms with Crippen molar-refractivity contribution in [1.29, 1.82) is 0 Å². The van der Waals surface area contributed by atoms with Crippen molar-refractivity contribution < 1.29 is 23.5 Å². The van der Waals surface area contributed by atoms with Gasteiger partial charge in [-0.15, -0.1) is 0 Å². The minimum absolute atomic E-state index is 0.123. The van der Waals surface area contributed by atoms with Crippen LogP contribution >= 0.6 is 23.2 Å². The predicted octanol–water partition coefficient (Wildman–Crippen LogP) is 3.63. The van der Waals surface area contributed by atoms with E-state index in [4.69, 9.17) is 37.1 Å². The molecule has 1 atom stereocenters. The van der Waals surface area contributed by atoms with Crippen molar-refractivity contribution in [3.8, 4) is 5.75 Å². The summed E-state index contributed by atoms with van der Waals surface area (Å²) >= 11 is 11.9. The van der Waals surface area contributed by atoms with Crippen molar-refractivity contribution in [2.75, 3.05) is 13.7 Å². The monoisotopic (exact) mass is 371 g/mol. The van der Waals surface area contributed by atoms with Gasteiger partial charge in [-0.05, 0) is 31.2 Å². The summed E-state index contributed by atoms with van der Waals surface area (Å²) in [5.74, 6) is -0.316. The zero-order valence-corrected chi connectivity index (χ0v) is 14.5. The number of carbonyl (C=O) groups is 2. The lowest BCUT2D eigenvalue weighted by Gasteiger charge is -2.12. The molecule has 0 spiro atoms. The Hall–Kier alpha value is -2.18. The summed E-state index contributed by atoms with van der Waals surface area (Å²) in [5.41, 5.74) is 0.123. The van der Waals surface area contributed by atoms with Gasteiger partial charge in [0.05, 0.1) is 35.0 Å². The SMILES string of the molecule is COc1c(Cl)cc(C(=O)OCC(=O)N[C@@H](C)c2ccco2)cc1Cl. The number of hydrogen-bond acceptors (Lipinski definition) is 5. The van der Waals surface area contributed by atoms with Gasteiger partial charge in [0.25, 0.3) is 5.91 Å². The number of ether oxygens (including phenoxy) is 2. The molecule has 0 aliphatic rings. The van der Waals surface area contributed by atoms with Gasteiger partial charge >= 0.3 is 5.97 Å². The average molecular weight is 372 g/mol. The van der Waals surface area contributed by atoms with Crippen molar-refractivity contribution in [1.82, 2.24) is 5.32 Å². The van der Waals surface area contributed by atoms with Crippen LogP contribution in [0.5, 0.6) is 5.75 Å². The van der Waals surface area contributed by atoms with E-state index in [0.717, 1.165) is 0 Å². The van der Waals surface area contributed by atoms with Gasteiger partial charge in [0.1, 0.15) is 5.76 Å². The number of carbonyl (C=O) groups excluding carboxylic acids is 2. The van der Waals surface area contributed by atoms with E-state index in [0.29, 0.717) is 5.76 Å². The fourth-order valence-electron chi connectivity index (χ4n) is 1.98. The normalized spacial score (nSPS) is 11.7. The maximum absolute atomic E-state index is 12.0. The predicted molar refractivity (Wildman–Crippen MR) is 88.6 cm³/mol. The molecule has 1 N–H and O–H groups in total. The Labute approximate surface area is 148 Å². The van der Waals surface area contributed by atoms with Crippen molar-refractivity contribution >= 4 is 35.1 Å². The molecule has 1 aromatic heterocycles. The van der Waals surface area contributed by atoms with Gasteiger partial charge in [-0.25, -0.2) is 4.79 Å². The topological polar surface area (TPSA) is 77.8 Å². The Bertz CT molecular complexity index is 707. The van der Waals surface area contributed by atoms with Crippen LogP contribution in [0.15, 0.2) is 34.9 Å². The van der Waals surface area contributed by atoms with Crippen LogP contribution in [-0.2, 0) is 9.53 Å². The molecule has 1 amide bonds. The quantitative estimate of drug-likeness (QED) is 0.784. The van der Waals surface area contributed by atoms with E-state index in [1.807, 2.05) is 0 Å². The first kappa shape index (κ1) is 18.2. The number of methoxy groups -OCH3 is 1. The smallest absolute Gasteiger partial charge is 0.338 e. The number of furan rings is 1. The maximum Gasteiger partial charge on any atom is 0.338 e. The molecular weight excluding hydrogens is 357 g/mol. The van der Waals surface area contributed by atoms with Gasteiger partial charge in [0.15, 0.2) is 12.4 Å². The minimum Gasteiger partial charge on any atom is -0.494 e. The summed E-state index contributed by atoms with van der Waals surface area (Å²) in [5, 5.41) is 3.00. The number of rotatable bonds is 6. The van der Waals surface area contributed by atoms with Crippen LogP contribution in [-0.4, -0.2) is 25.6 Å². The Balaban J connectivity index is 1.92. The molecule has 0 fully saturated rings. The van der Waals surface area contributed by atoms with Crippen molar-refractivity contribution in [2.45, 2.75) is 13.0 Å². The molecule has 0 unspecified atom stereocenters. The van der Waals surface area contributed by atoms with E-state index in [-0.39, 0.29) is 27.4 Å². The summed E-state index contributed by atoms with van der Waals surface area (Å²) in [6.07, 6.45) is 1.51. The summed E-state index contributed by atoms with van der Waals surface area (Å²) in [7, 11) is 1.41. The van der Waals surface area contributed by atoms with Gasteiger partial charge in [-0.2, -0.15) is 0 Å². The van der Waals surface area contributed by atoms with E-state index < -0.39 is 18.5 Å². The third-order valence-corrected chi connectivity index (χ3v) is 3.68. The van der Waals surface area contributed by atoms with Gasteiger partial charge in [0, 0.05) is 0 Å². The highest BCUT2D eigenvalue weighted by atomic mass is 35.5. The first-order chi connectivity index (χ1) is 11.4. The lowest BCUT2D eigenvalue weighted by Crippen LogP contribution is -2.31. The highest BCUT2D eigenvalue weighted by molar-refractivity contribution is 6.37. The number of benzene rings is 1. The molecular formula is C16H15Cl2NO5. The summed E-state index contributed by atoms with van der Waals surface area (Å²) in [6, 6.07) is 5.83. The van der Waals surface area contributed by atoms with Crippen LogP contribution in [0.2, 0.25) is 10.0 Å². The molecule has 0 bridgehead atoms. The number of amides is 1. The highest BCUT2D eigenvalue weighted by Gasteiger charge is 2.17. The molecule has 8 heteroatoms. The molecule has 24 heavy (non-hydrogen) atoms. The lowest BCUT2D eigenvalue weighted by molar-refractivity contribution is -0.125. The molecule has 0 saturated heterocycles. The van der Waals surface area contributed by atoms with Crippen molar-refractivity contribution in [2.24, 2.45) is 0 Å². The molecule has 1 aromatic carbocycles. The molecule has 0 radical (unpaired) electrons. The zero-order valence-electron chi connectivity index (χ0n) is 13.0. The van der Waals surface area contributed by atoms with Gasteiger partial charge < -0.3 is 19.2 Å². The van der Waals surface area contributed by atoms with E-state index in [9.17, 15) is 9.59 Å². The molecule has 128 valence electrons. The Morgan fingerprint density at radius 1 is 1.29 bits per heavy atom. The van der Waals surface area contributed by atoms with E-state index in [1.54, 1.807) is 19.1 Å². The Kier molecular flexibility index (Phi) is 6.11. The van der Waals surface area contributed by atoms with Gasteiger partial charge in [-0.3, -0.25) is 4.79 Å². The standard InChI is InChI=1S/C16H15Cl2NO5/c1-9(13-4-3-5-23-13)19-14(20)8-24-16(21)10-6-11(17)15(22-2)12(18)7-10/h3-7,9H,8H2,1-2H3,(H,19,20)/t9-/m0/s1. The average Bonchev–Trinajstić information content (AvgIpc) is 3.06. The fraction of sp³-hybridized carbons (Fsp3) is 0.250. The van der Waals surface area contributed by atoms with Crippen LogP contribution < -0.4 is 10.1 Å². The van der Waals surface area contributed by atoms with Crippen LogP contribution in [0.1, 0.15) is 29.1 Å². The largest absolute Gasteiger partial charge is 0.494 e. The van der Waals surface area contributed by atoms with E-state index in [1.165, 1.54) is 25.5 Å². The van der Waals surface area contributed by atoms with Crippen molar-refractivity contribution in [3.63, 3.8) is 0 Å². The second-order valence-corrected chi connectivity index (χ2v) is 5.67. The van der Waals surface area contributed by atoms with Crippen LogP contribution in [0.3, 0.4) is 0 Å². The molecule has 0 aliphatic carbocycles. The van der Waals surface area contributed by atoms with Gasteiger partial charge in [-0.1, -0.05) is 23.2 Å². The molecule has 0 aliphatic heterocycles. The number of nitrogens with one attached hydrogen (secondary N) is 1. The Morgan fingerprint density at radius 2 is 1.96 bits per heavy atom.